The van der Waals surface area contributed by atoms with Gasteiger partial charge in [-0.15, -0.1) is 11.3 Å². The Balaban J connectivity index is 1.91. The molecule has 1 fully saturated rings. The Kier molecular flexibility index (Phi) is 3.59. The number of fused-ring (bicyclic) bond motifs is 1. The smallest absolute Gasteiger partial charge is 0.0970 e. The first-order valence-corrected chi connectivity index (χ1v) is 8.34. The summed E-state index contributed by atoms with van der Waals surface area (Å²) in [6.45, 7) is 9.19. The third-order valence-electron chi connectivity index (χ3n) is 4.34. The highest BCUT2D eigenvalue weighted by Crippen LogP contribution is 2.35. The zero-order valence-corrected chi connectivity index (χ0v) is 13.8. The summed E-state index contributed by atoms with van der Waals surface area (Å²) < 4.78 is 1.34. The van der Waals surface area contributed by atoms with Gasteiger partial charge in [0.15, 0.2) is 0 Å². The molecule has 0 aliphatic carbocycles. The van der Waals surface area contributed by atoms with E-state index in [1.807, 2.05) is 11.3 Å². The molecule has 0 unspecified atom stereocenters. The van der Waals surface area contributed by atoms with Crippen molar-refractivity contribution in [2.24, 2.45) is 0 Å². The molecule has 3 rings (SSSR count). The Morgan fingerprint density at radius 2 is 1.90 bits per heavy atom. The standard InChI is InChI=1S/C17H24N2S/c1-17(2,3)13-5-6-15-14(11-13)18-16(20-15)12-7-9-19(4)10-8-12/h5-6,11-12H,7-10H2,1-4H3. The van der Waals surface area contributed by atoms with Gasteiger partial charge in [0.1, 0.15) is 0 Å². The number of hydrogen-bond acceptors (Lipinski definition) is 3. The highest BCUT2D eigenvalue weighted by Gasteiger charge is 2.22. The average Bonchev–Trinajstić information content (AvgIpc) is 2.81. The fourth-order valence-corrected chi connectivity index (χ4v) is 3.96. The van der Waals surface area contributed by atoms with Crippen LogP contribution in [0.3, 0.4) is 0 Å². The van der Waals surface area contributed by atoms with E-state index >= 15 is 0 Å². The molecule has 0 atom stereocenters. The van der Waals surface area contributed by atoms with Crippen molar-refractivity contribution in [3.05, 3.63) is 28.8 Å². The van der Waals surface area contributed by atoms with Gasteiger partial charge in [-0.05, 0) is 56.1 Å². The molecular formula is C17H24N2S. The summed E-state index contributed by atoms with van der Waals surface area (Å²) >= 11 is 1.89. The maximum absolute atomic E-state index is 4.94. The van der Waals surface area contributed by atoms with Crippen molar-refractivity contribution in [3.8, 4) is 0 Å². The van der Waals surface area contributed by atoms with Crippen molar-refractivity contribution < 1.29 is 0 Å². The van der Waals surface area contributed by atoms with E-state index in [1.54, 1.807) is 0 Å². The molecule has 2 heterocycles. The first-order chi connectivity index (χ1) is 9.43. The van der Waals surface area contributed by atoms with E-state index in [0.717, 1.165) is 0 Å². The van der Waals surface area contributed by atoms with Gasteiger partial charge < -0.3 is 4.90 Å². The Hall–Kier alpha value is -0.930. The van der Waals surface area contributed by atoms with E-state index in [-0.39, 0.29) is 5.41 Å². The highest BCUT2D eigenvalue weighted by molar-refractivity contribution is 7.18. The lowest BCUT2D eigenvalue weighted by Gasteiger charge is -2.27. The maximum Gasteiger partial charge on any atom is 0.0970 e. The van der Waals surface area contributed by atoms with Gasteiger partial charge in [-0.2, -0.15) is 0 Å². The van der Waals surface area contributed by atoms with Crippen LogP contribution < -0.4 is 0 Å². The number of aromatic nitrogens is 1. The van der Waals surface area contributed by atoms with Gasteiger partial charge in [-0.1, -0.05) is 26.8 Å². The van der Waals surface area contributed by atoms with Crippen LogP contribution in [0, 0.1) is 0 Å². The topological polar surface area (TPSA) is 16.1 Å². The van der Waals surface area contributed by atoms with Crippen LogP contribution in [0.15, 0.2) is 18.2 Å². The molecule has 0 N–H and O–H groups in total. The fourth-order valence-electron chi connectivity index (χ4n) is 2.84. The minimum atomic E-state index is 0.200. The van der Waals surface area contributed by atoms with Crippen molar-refractivity contribution in [3.63, 3.8) is 0 Å². The molecule has 1 aliphatic rings. The summed E-state index contributed by atoms with van der Waals surface area (Å²) in [6, 6.07) is 6.80. The van der Waals surface area contributed by atoms with Crippen LogP contribution in [0.5, 0.6) is 0 Å². The normalized spacial score (nSPS) is 18.8. The number of piperidine rings is 1. The van der Waals surface area contributed by atoms with Gasteiger partial charge in [0, 0.05) is 5.92 Å². The van der Waals surface area contributed by atoms with Crippen LogP contribution in [-0.4, -0.2) is 30.0 Å². The number of thiazole rings is 1. The zero-order chi connectivity index (χ0) is 14.3. The third kappa shape index (κ3) is 2.75. The molecule has 0 radical (unpaired) electrons. The molecule has 2 aromatic rings. The minimum absolute atomic E-state index is 0.200. The average molecular weight is 288 g/mol. The van der Waals surface area contributed by atoms with Crippen LogP contribution >= 0.6 is 11.3 Å². The van der Waals surface area contributed by atoms with E-state index < -0.39 is 0 Å². The summed E-state index contributed by atoms with van der Waals surface area (Å²) in [6.07, 6.45) is 2.50. The highest BCUT2D eigenvalue weighted by atomic mass is 32.1. The molecule has 0 bridgehead atoms. The molecule has 0 amide bonds. The van der Waals surface area contributed by atoms with Crippen LogP contribution in [0.25, 0.3) is 10.2 Å². The van der Waals surface area contributed by atoms with Crippen molar-refractivity contribution in [1.82, 2.24) is 9.88 Å². The lowest BCUT2D eigenvalue weighted by atomic mass is 9.87. The van der Waals surface area contributed by atoms with Crippen molar-refractivity contribution in [1.29, 1.82) is 0 Å². The molecular weight excluding hydrogens is 264 g/mol. The predicted octanol–water partition coefficient (Wildman–Crippen LogP) is 4.40. The molecule has 2 nitrogen and oxygen atoms in total. The van der Waals surface area contributed by atoms with E-state index in [0.29, 0.717) is 5.92 Å². The number of likely N-dealkylation sites (tertiary alicyclic amines) is 1. The van der Waals surface area contributed by atoms with Gasteiger partial charge in [0.05, 0.1) is 15.2 Å². The molecule has 1 aromatic carbocycles. The minimum Gasteiger partial charge on any atom is -0.306 e. The molecule has 0 saturated carbocycles. The molecule has 3 heteroatoms. The number of benzene rings is 1. The van der Waals surface area contributed by atoms with Crippen molar-refractivity contribution >= 4 is 21.6 Å². The lowest BCUT2D eigenvalue weighted by molar-refractivity contribution is 0.255. The van der Waals surface area contributed by atoms with Gasteiger partial charge in [-0.25, -0.2) is 4.98 Å². The predicted molar refractivity (Wildman–Crippen MR) is 87.8 cm³/mol. The van der Waals surface area contributed by atoms with E-state index in [1.165, 1.54) is 46.7 Å². The van der Waals surface area contributed by atoms with Gasteiger partial charge in [0.25, 0.3) is 0 Å². The largest absolute Gasteiger partial charge is 0.306 e. The molecule has 20 heavy (non-hydrogen) atoms. The number of hydrogen-bond donors (Lipinski definition) is 0. The maximum atomic E-state index is 4.94. The lowest BCUT2D eigenvalue weighted by Crippen LogP contribution is -2.29. The Morgan fingerprint density at radius 3 is 2.55 bits per heavy atom. The van der Waals surface area contributed by atoms with Gasteiger partial charge >= 0.3 is 0 Å². The summed E-state index contributed by atoms with van der Waals surface area (Å²) in [7, 11) is 2.21. The van der Waals surface area contributed by atoms with Crippen LogP contribution in [0.1, 0.15) is 50.1 Å². The number of rotatable bonds is 1. The zero-order valence-electron chi connectivity index (χ0n) is 12.9. The molecule has 0 spiro atoms. The monoisotopic (exact) mass is 288 g/mol. The Labute approximate surface area is 125 Å². The first kappa shape index (κ1) is 14.0. The second-order valence-corrected chi connectivity index (χ2v) is 8.12. The summed E-state index contributed by atoms with van der Waals surface area (Å²) in [5.41, 5.74) is 2.77. The van der Waals surface area contributed by atoms with Crippen molar-refractivity contribution in [2.45, 2.75) is 44.9 Å². The summed E-state index contributed by atoms with van der Waals surface area (Å²) in [5, 5.41) is 1.35. The molecule has 1 aromatic heterocycles. The first-order valence-electron chi connectivity index (χ1n) is 7.53. The molecule has 108 valence electrons. The second-order valence-electron chi connectivity index (χ2n) is 7.06. The quantitative estimate of drug-likeness (QED) is 0.773. The molecule has 1 aliphatic heterocycles. The Bertz CT molecular complexity index is 601. The summed E-state index contributed by atoms with van der Waals surface area (Å²) in [4.78, 5) is 7.35. The Morgan fingerprint density at radius 1 is 1.20 bits per heavy atom. The van der Waals surface area contributed by atoms with Crippen LogP contribution in [0.2, 0.25) is 0 Å². The number of nitrogens with zero attached hydrogens (tertiary/aromatic N) is 2. The second kappa shape index (κ2) is 5.12. The third-order valence-corrected chi connectivity index (χ3v) is 5.54. The SMILES string of the molecule is CN1CCC(c2nc3cc(C(C)(C)C)ccc3s2)CC1. The van der Waals surface area contributed by atoms with Gasteiger partial charge in [0.2, 0.25) is 0 Å². The van der Waals surface area contributed by atoms with E-state index in [4.69, 9.17) is 4.98 Å². The fraction of sp³-hybridized carbons (Fsp3) is 0.588. The van der Waals surface area contributed by atoms with Gasteiger partial charge in [-0.3, -0.25) is 0 Å². The van der Waals surface area contributed by atoms with Crippen LogP contribution in [-0.2, 0) is 5.41 Å². The van der Waals surface area contributed by atoms with Crippen molar-refractivity contribution in [2.75, 3.05) is 20.1 Å². The summed E-state index contributed by atoms with van der Waals surface area (Å²) in [5.74, 6) is 0.668. The van der Waals surface area contributed by atoms with Crippen LogP contribution in [0.4, 0.5) is 0 Å². The van der Waals surface area contributed by atoms with E-state index in [9.17, 15) is 0 Å². The van der Waals surface area contributed by atoms with E-state index in [2.05, 4.69) is 50.9 Å². The molecule has 1 saturated heterocycles.